The largest absolute Gasteiger partial charge is 0.496 e. The highest BCUT2D eigenvalue weighted by Gasteiger charge is 2.19. The summed E-state index contributed by atoms with van der Waals surface area (Å²) >= 11 is 0. The number of nitro groups is 1. The molecule has 3 aromatic rings. The van der Waals surface area contributed by atoms with Crippen molar-refractivity contribution in [2.75, 3.05) is 13.7 Å². The van der Waals surface area contributed by atoms with E-state index in [1.807, 2.05) is 30.3 Å². The van der Waals surface area contributed by atoms with Crippen LogP contribution in [-0.4, -0.2) is 24.5 Å². The van der Waals surface area contributed by atoms with Crippen LogP contribution < -0.4 is 14.8 Å². The Hall–Kier alpha value is -3.55. The third-order valence-corrected chi connectivity index (χ3v) is 3.97. The van der Waals surface area contributed by atoms with Crippen molar-refractivity contribution >= 4 is 22.6 Å². The number of carbonyl (C=O) groups excluding carboxylic acids is 1. The molecule has 8 nitrogen and oxygen atoms in total. The maximum Gasteiger partial charge on any atom is 0.314 e. The molecular formula is C19H18N2O6. The van der Waals surface area contributed by atoms with Gasteiger partial charge in [0.05, 0.1) is 24.1 Å². The van der Waals surface area contributed by atoms with Crippen molar-refractivity contribution in [3.05, 3.63) is 64.4 Å². The first kappa shape index (κ1) is 18.2. The van der Waals surface area contributed by atoms with E-state index in [-0.39, 0.29) is 24.1 Å². The van der Waals surface area contributed by atoms with Gasteiger partial charge in [0.25, 0.3) is 5.91 Å². The van der Waals surface area contributed by atoms with E-state index in [9.17, 15) is 14.9 Å². The molecule has 0 aliphatic heterocycles. The second-order valence-corrected chi connectivity index (χ2v) is 5.86. The fourth-order valence-electron chi connectivity index (χ4n) is 2.60. The number of fused-ring (bicyclic) bond motifs is 1. The molecule has 0 unspecified atom stereocenters. The molecule has 3 rings (SSSR count). The third-order valence-electron chi connectivity index (χ3n) is 3.97. The monoisotopic (exact) mass is 370 g/mol. The Labute approximate surface area is 154 Å². The number of hydrogen-bond donors (Lipinski definition) is 1. The highest BCUT2D eigenvalue weighted by molar-refractivity contribution is 5.80. The van der Waals surface area contributed by atoms with Crippen LogP contribution in [0.25, 0.3) is 11.0 Å². The standard InChI is InChI=1S/C19H18N2O6/c1-12(18-9-13-5-3-4-6-16(13)27-18)20-19(22)11-26-17-8-7-14(25-2)10-15(17)21(23)24/h3-10,12H,11H2,1-2H3,(H,20,22)/t12-/m1/s1. The van der Waals surface area contributed by atoms with Gasteiger partial charge < -0.3 is 19.2 Å². The number of furan rings is 1. The number of ether oxygens (including phenoxy) is 2. The van der Waals surface area contributed by atoms with Gasteiger partial charge in [0.15, 0.2) is 12.4 Å². The van der Waals surface area contributed by atoms with Crippen molar-refractivity contribution in [1.29, 1.82) is 0 Å². The van der Waals surface area contributed by atoms with Crippen molar-refractivity contribution in [3.63, 3.8) is 0 Å². The molecule has 27 heavy (non-hydrogen) atoms. The van der Waals surface area contributed by atoms with E-state index in [0.29, 0.717) is 11.5 Å². The van der Waals surface area contributed by atoms with Crippen molar-refractivity contribution in [2.24, 2.45) is 0 Å². The summed E-state index contributed by atoms with van der Waals surface area (Å²) in [6.07, 6.45) is 0. The zero-order chi connectivity index (χ0) is 19.4. The maximum atomic E-state index is 12.1. The molecule has 0 spiro atoms. The number of rotatable bonds is 7. The topological polar surface area (TPSA) is 104 Å². The number of nitro benzene ring substituents is 1. The first-order valence-corrected chi connectivity index (χ1v) is 8.21. The van der Waals surface area contributed by atoms with E-state index in [2.05, 4.69) is 5.32 Å². The predicted molar refractivity (Wildman–Crippen MR) is 97.9 cm³/mol. The van der Waals surface area contributed by atoms with Crippen molar-refractivity contribution in [3.8, 4) is 11.5 Å². The average Bonchev–Trinajstić information content (AvgIpc) is 3.10. The van der Waals surface area contributed by atoms with E-state index < -0.39 is 10.8 Å². The summed E-state index contributed by atoms with van der Waals surface area (Å²) in [5.74, 6) is 0.511. The Morgan fingerprint density at radius 2 is 2.04 bits per heavy atom. The molecule has 140 valence electrons. The van der Waals surface area contributed by atoms with Crippen LogP contribution in [0.3, 0.4) is 0 Å². The number of carbonyl (C=O) groups is 1. The third kappa shape index (κ3) is 4.17. The molecule has 1 aromatic heterocycles. The van der Waals surface area contributed by atoms with Crippen molar-refractivity contribution < 1.29 is 23.6 Å². The van der Waals surface area contributed by atoms with Gasteiger partial charge in [0.1, 0.15) is 17.1 Å². The highest BCUT2D eigenvalue weighted by Crippen LogP contribution is 2.31. The number of para-hydroxylation sites is 1. The Morgan fingerprint density at radius 3 is 2.74 bits per heavy atom. The zero-order valence-electron chi connectivity index (χ0n) is 14.8. The Balaban J connectivity index is 1.63. The van der Waals surface area contributed by atoms with Gasteiger partial charge in [-0.05, 0) is 31.2 Å². The van der Waals surface area contributed by atoms with Gasteiger partial charge in [0.2, 0.25) is 0 Å². The van der Waals surface area contributed by atoms with E-state index >= 15 is 0 Å². The first-order valence-electron chi connectivity index (χ1n) is 8.21. The number of benzene rings is 2. The van der Waals surface area contributed by atoms with E-state index in [0.717, 1.165) is 11.0 Å². The second-order valence-electron chi connectivity index (χ2n) is 5.86. The lowest BCUT2D eigenvalue weighted by Gasteiger charge is -2.12. The Bertz CT molecular complexity index is 948. The molecule has 1 atom stereocenters. The van der Waals surface area contributed by atoms with Crippen LogP contribution in [-0.2, 0) is 4.79 Å². The van der Waals surface area contributed by atoms with Crippen LogP contribution in [0.2, 0.25) is 0 Å². The lowest BCUT2D eigenvalue weighted by Crippen LogP contribution is -2.31. The fourth-order valence-corrected chi connectivity index (χ4v) is 2.60. The maximum absolute atomic E-state index is 12.1. The molecule has 0 aliphatic rings. The quantitative estimate of drug-likeness (QED) is 0.503. The summed E-state index contributed by atoms with van der Waals surface area (Å²) in [4.78, 5) is 22.7. The summed E-state index contributed by atoms with van der Waals surface area (Å²) < 4.78 is 16.0. The number of nitrogens with one attached hydrogen (secondary N) is 1. The number of nitrogens with zero attached hydrogens (tertiary/aromatic N) is 1. The lowest BCUT2D eigenvalue weighted by atomic mass is 10.2. The molecule has 0 saturated heterocycles. The van der Waals surface area contributed by atoms with Gasteiger partial charge in [-0.15, -0.1) is 0 Å². The van der Waals surface area contributed by atoms with Crippen LogP contribution >= 0.6 is 0 Å². The summed E-state index contributed by atoms with van der Waals surface area (Å²) in [7, 11) is 1.41. The van der Waals surface area contributed by atoms with Gasteiger partial charge in [0, 0.05) is 5.39 Å². The van der Waals surface area contributed by atoms with Gasteiger partial charge in [-0.1, -0.05) is 18.2 Å². The van der Waals surface area contributed by atoms with E-state index in [1.54, 1.807) is 6.92 Å². The molecule has 1 amide bonds. The van der Waals surface area contributed by atoms with Crippen molar-refractivity contribution in [2.45, 2.75) is 13.0 Å². The predicted octanol–water partition coefficient (Wildman–Crippen LogP) is 3.61. The molecule has 0 saturated carbocycles. The van der Waals surface area contributed by atoms with Crippen LogP contribution in [0.4, 0.5) is 5.69 Å². The van der Waals surface area contributed by atoms with Gasteiger partial charge in [-0.2, -0.15) is 0 Å². The molecule has 1 heterocycles. The normalized spacial score (nSPS) is 11.8. The lowest BCUT2D eigenvalue weighted by molar-refractivity contribution is -0.385. The molecular weight excluding hydrogens is 352 g/mol. The highest BCUT2D eigenvalue weighted by atomic mass is 16.6. The number of hydrogen-bond acceptors (Lipinski definition) is 6. The minimum absolute atomic E-state index is 0.00709. The van der Waals surface area contributed by atoms with Crippen LogP contribution in [0.1, 0.15) is 18.7 Å². The minimum Gasteiger partial charge on any atom is -0.496 e. The van der Waals surface area contributed by atoms with Crippen LogP contribution in [0, 0.1) is 10.1 Å². The van der Waals surface area contributed by atoms with E-state index in [1.165, 1.54) is 25.3 Å². The molecule has 0 fully saturated rings. The van der Waals surface area contributed by atoms with Crippen LogP contribution in [0.5, 0.6) is 11.5 Å². The van der Waals surface area contributed by atoms with E-state index in [4.69, 9.17) is 13.9 Å². The zero-order valence-corrected chi connectivity index (χ0v) is 14.8. The molecule has 0 radical (unpaired) electrons. The average molecular weight is 370 g/mol. The summed E-state index contributed by atoms with van der Waals surface area (Å²) in [6.45, 7) is 1.42. The molecule has 1 N–H and O–H groups in total. The SMILES string of the molecule is COc1ccc(OCC(=O)N[C@H](C)c2cc3ccccc3o2)c([N+](=O)[O-])c1. The second kappa shape index (κ2) is 7.77. The van der Waals surface area contributed by atoms with Crippen LogP contribution in [0.15, 0.2) is 52.9 Å². The van der Waals surface area contributed by atoms with Gasteiger partial charge in [-0.3, -0.25) is 14.9 Å². The number of methoxy groups -OCH3 is 1. The van der Waals surface area contributed by atoms with Crippen molar-refractivity contribution in [1.82, 2.24) is 5.32 Å². The first-order chi connectivity index (χ1) is 13.0. The summed E-state index contributed by atoms with van der Waals surface area (Å²) in [5, 5.41) is 14.8. The molecule has 8 heteroatoms. The summed E-state index contributed by atoms with van der Waals surface area (Å²) in [5.41, 5.74) is 0.464. The Kier molecular flexibility index (Phi) is 5.25. The minimum atomic E-state index is -0.590. The smallest absolute Gasteiger partial charge is 0.314 e. The Morgan fingerprint density at radius 1 is 1.26 bits per heavy atom. The molecule has 0 bridgehead atoms. The van der Waals surface area contributed by atoms with Gasteiger partial charge in [-0.25, -0.2) is 0 Å². The fraction of sp³-hybridized carbons (Fsp3) is 0.211. The van der Waals surface area contributed by atoms with Gasteiger partial charge >= 0.3 is 5.69 Å². The molecule has 0 aliphatic carbocycles. The molecule has 2 aromatic carbocycles. The summed E-state index contributed by atoms with van der Waals surface area (Å²) in [6, 6.07) is 13.2. The number of amides is 1.